The first-order valence-corrected chi connectivity index (χ1v) is 9.85. The number of hydrogen-bond acceptors (Lipinski definition) is 5. The lowest BCUT2D eigenvalue weighted by atomic mass is 9.99. The number of Topliss-reactive ketones (excluding diaryl/α,β-unsaturated/α-hetero) is 1. The van der Waals surface area contributed by atoms with E-state index in [1.807, 2.05) is 36.4 Å². The van der Waals surface area contributed by atoms with Crippen LogP contribution < -0.4 is 5.32 Å². The largest absolute Gasteiger partial charge is 0.480 e. The molecule has 0 saturated carbocycles. The number of carboxylic acids is 1. The maximum absolute atomic E-state index is 12.8. The van der Waals surface area contributed by atoms with E-state index in [2.05, 4.69) is 5.32 Å². The molecule has 0 fully saturated rings. The Morgan fingerprint density at radius 3 is 2.62 bits per heavy atom. The summed E-state index contributed by atoms with van der Waals surface area (Å²) < 4.78 is 17.7. The molecule has 164 valence electrons. The standard InChI is InChI=1S/C23H19FN2O6/c24-10-17(27)9-19(23(30)31)25-21(28)12-26-11-16-2-1-14(8-18(16)22(26)29)13-3-4-20-15(7-13)5-6-32-20/h1-8,19H,9-12H2,(H,25,28)(H,30,31). The first-order valence-electron chi connectivity index (χ1n) is 9.85. The van der Waals surface area contributed by atoms with Crippen molar-refractivity contribution in [1.82, 2.24) is 10.2 Å². The Labute approximate surface area is 181 Å². The van der Waals surface area contributed by atoms with Crippen LogP contribution in [-0.2, 0) is 20.9 Å². The number of fused-ring (bicyclic) bond motifs is 2. The molecule has 2 heterocycles. The van der Waals surface area contributed by atoms with E-state index in [4.69, 9.17) is 9.52 Å². The molecule has 2 aromatic carbocycles. The van der Waals surface area contributed by atoms with E-state index >= 15 is 0 Å². The number of halogens is 1. The molecule has 1 atom stereocenters. The summed E-state index contributed by atoms with van der Waals surface area (Å²) in [6.07, 6.45) is 0.947. The molecule has 2 amide bonds. The zero-order valence-electron chi connectivity index (χ0n) is 16.8. The molecule has 0 radical (unpaired) electrons. The number of carbonyl (C=O) groups is 4. The number of aliphatic carboxylic acids is 1. The maximum atomic E-state index is 12.8. The van der Waals surface area contributed by atoms with Gasteiger partial charge in [0.25, 0.3) is 5.91 Å². The van der Waals surface area contributed by atoms with E-state index in [9.17, 15) is 23.6 Å². The number of amides is 2. The highest BCUT2D eigenvalue weighted by Crippen LogP contribution is 2.30. The summed E-state index contributed by atoms with van der Waals surface area (Å²) >= 11 is 0. The molecule has 1 aromatic heterocycles. The van der Waals surface area contributed by atoms with Gasteiger partial charge in [0.15, 0.2) is 5.78 Å². The minimum Gasteiger partial charge on any atom is -0.480 e. The van der Waals surface area contributed by atoms with E-state index in [1.54, 1.807) is 12.3 Å². The van der Waals surface area contributed by atoms with Gasteiger partial charge in [0.1, 0.15) is 24.8 Å². The number of ketones is 1. The summed E-state index contributed by atoms with van der Waals surface area (Å²) in [5, 5.41) is 12.3. The summed E-state index contributed by atoms with van der Waals surface area (Å²) in [7, 11) is 0. The predicted molar refractivity (Wildman–Crippen MR) is 112 cm³/mol. The van der Waals surface area contributed by atoms with Crippen LogP contribution in [0, 0.1) is 0 Å². The minimum absolute atomic E-state index is 0.198. The van der Waals surface area contributed by atoms with Crippen LogP contribution in [-0.4, -0.2) is 52.8 Å². The molecule has 9 heteroatoms. The number of hydrogen-bond donors (Lipinski definition) is 2. The molecule has 0 aliphatic carbocycles. The van der Waals surface area contributed by atoms with E-state index < -0.39 is 36.8 Å². The highest BCUT2D eigenvalue weighted by atomic mass is 19.1. The van der Waals surface area contributed by atoms with Gasteiger partial charge in [-0.05, 0) is 41.0 Å². The molecule has 1 aliphatic heterocycles. The summed E-state index contributed by atoms with van der Waals surface area (Å²) in [6, 6.07) is 11.5. The first kappa shape index (κ1) is 21.2. The molecule has 3 aromatic rings. The second-order valence-corrected chi connectivity index (χ2v) is 7.54. The number of carbonyl (C=O) groups excluding carboxylic acids is 3. The van der Waals surface area contributed by atoms with Gasteiger partial charge in [-0.15, -0.1) is 0 Å². The van der Waals surface area contributed by atoms with Crippen molar-refractivity contribution in [1.29, 1.82) is 0 Å². The van der Waals surface area contributed by atoms with E-state index in [0.29, 0.717) is 5.56 Å². The lowest BCUT2D eigenvalue weighted by Crippen LogP contribution is -2.46. The zero-order chi connectivity index (χ0) is 22.8. The summed E-state index contributed by atoms with van der Waals surface area (Å²) in [5.41, 5.74) is 3.72. The minimum atomic E-state index is -1.55. The third-order valence-electron chi connectivity index (χ3n) is 5.32. The Hall–Kier alpha value is -4.01. The van der Waals surface area contributed by atoms with Crippen LogP contribution in [0.15, 0.2) is 53.1 Å². The van der Waals surface area contributed by atoms with Crippen molar-refractivity contribution in [3.63, 3.8) is 0 Å². The van der Waals surface area contributed by atoms with Crippen molar-refractivity contribution in [2.24, 2.45) is 0 Å². The van der Waals surface area contributed by atoms with Crippen LogP contribution in [0.1, 0.15) is 22.3 Å². The number of alkyl halides is 1. The average Bonchev–Trinajstić information content (AvgIpc) is 3.36. The Morgan fingerprint density at radius 2 is 1.88 bits per heavy atom. The summed E-state index contributed by atoms with van der Waals surface area (Å²) in [4.78, 5) is 48.8. The first-order chi connectivity index (χ1) is 15.4. The van der Waals surface area contributed by atoms with Crippen molar-refractivity contribution in [2.75, 3.05) is 13.2 Å². The SMILES string of the molecule is O=C(CF)CC(NC(=O)CN1Cc2ccc(-c3ccc4occc4c3)cc2C1=O)C(=O)O. The van der Waals surface area contributed by atoms with Crippen molar-refractivity contribution in [2.45, 2.75) is 19.0 Å². The normalized spacial score (nSPS) is 13.8. The third kappa shape index (κ3) is 4.22. The van der Waals surface area contributed by atoms with Gasteiger partial charge in [-0.2, -0.15) is 0 Å². The van der Waals surface area contributed by atoms with Crippen molar-refractivity contribution in [3.8, 4) is 11.1 Å². The van der Waals surface area contributed by atoms with Gasteiger partial charge in [-0.25, -0.2) is 9.18 Å². The molecule has 2 N–H and O–H groups in total. The number of nitrogens with zero attached hydrogens (tertiary/aromatic N) is 1. The number of rotatable bonds is 8. The molecule has 0 spiro atoms. The third-order valence-corrected chi connectivity index (χ3v) is 5.32. The quantitative estimate of drug-likeness (QED) is 0.558. The van der Waals surface area contributed by atoms with Crippen molar-refractivity contribution in [3.05, 3.63) is 59.9 Å². The summed E-state index contributed by atoms with van der Waals surface area (Å²) in [6.45, 7) is -1.49. The van der Waals surface area contributed by atoms with Gasteiger partial charge in [0.05, 0.1) is 6.26 Å². The van der Waals surface area contributed by atoms with Crippen LogP contribution in [0.3, 0.4) is 0 Å². The molecule has 1 unspecified atom stereocenters. The fourth-order valence-electron chi connectivity index (χ4n) is 3.71. The number of nitrogens with one attached hydrogen (secondary N) is 1. The van der Waals surface area contributed by atoms with Crippen molar-refractivity contribution >= 4 is 34.5 Å². The monoisotopic (exact) mass is 438 g/mol. The van der Waals surface area contributed by atoms with Gasteiger partial charge < -0.3 is 19.7 Å². The number of benzene rings is 2. The predicted octanol–water partition coefficient (Wildman–Crippen LogP) is 2.55. The highest BCUT2D eigenvalue weighted by Gasteiger charge is 2.31. The number of carboxylic acid groups (broad SMARTS) is 1. The van der Waals surface area contributed by atoms with E-state index in [1.165, 1.54) is 4.90 Å². The summed E-state index contributed by atoms with van der Waals surface area (Å²) in [5.74, 6) is -3.47. The van der Waals surface area contributed by atoms with Crippen LogP contribution in [0.25, 0.3) is 22.1 Å². The average molecular weight is 438 g/mol. The molecule has 0 saturated heterocycles. The fourth-order valence-corrected chi connectivity index (χ4v) is 3.71. The van der Waals surface area contributed by atoms with Gasteiger partial charge >= 0.3 is 5.97 Å². The Bertz CT molecular complexity index is 1230. The highest BCUT2D eigenvalue weighted by molar-refractivity contribution is 6.02. The molecule has 32 heavy (non-hydrogen) atoms. The van der Waals surface area contributed by atoms with Crippen LogP contribution in [0.4, 0.5) is 4.39 Å². The zero-order valence-corrected chi connectivity index (χ0v) is 16.8. The van der Waals surface area contributed by atoms with Gasteiger partial charge in [-0.1, -0.05) is 18.2 Å². The Balaban J connectivity index is 1.46. The molecule has 4 rings (SSSR count). The number of furan rings is 1. The van der Waals surface area contributed by atoms with E-state index in [0.717, 1.165) is 27.7 Å². The van der Waals surface area contributed by atoms with Gasteiger partial charge in [0, 0.05) is 23.9 Å². The van der Waals surface area contributed by atoms with Crippen LogP contribution in [0.5, 0.6) is 0 Å². The topological polar surface area (TPSA) is 117 Å². The van der Waals surface area contributed by atoms with E-state index in [-0.39, 0.29) is 19.0 Å². The smallest absolute Gasteiger partial charge is 0.326 e. The molecular formula is C23H19FN2O6. The van der Waals surface area contributed by atoms with Gasteiger partial charge in [0.2, 0.25) is 5.91 Å². The lowest BCUT2D eigenvalue weighted by Gasteiger charge is -2.18. The Morgan fingerprint density at radius 1 is 1.12 bits per heavy atom. The van der Waals surface area contributed by atoms with Crippen LogP contribution >= 0.6 is 0 Å². The second kappa shape index (κ2) is 8.62. The van der Waals surface area contributed by atoms with Crippen molar-refractivity contribution < 1.29 is 33.1 Å². The fraction of sp³-hybridized carbons (Fsp3) is 0.217. The van der Waals surface area contributed by atoms with Crippen LogP contribution in [0.2, 0.25) is 0 Å². The molecular weight excluding hydrogens is 419 g/mol. The maximum Gasteiger partial charge on any atom is 0.326 e. The Kier molecular flexibility index (Phi) is 5.72. The molecule has 0 bridgehead atoms. The second-order valence-electron chi connectivity index (χ2n) is 7.54. The molecule has 1 aliphatic rings. The van der Waals surface area contributed by atoms with Gasteiger partial charge in [-0.3, -0.25) is 14.4 Å². The lowest BCUT2D eigenvalue weighted by molar-refractivity contribution is -0.143. The molecule has 8 nitrogen and oxygen atoms in total.